The monoisotopic (exact) mass is 656 g/mol. The minimum atomic E-state index is -3.67. The first-order valence-electron chi connectivity index (χ1n) is 14.1. The molecule has 0 unspecified atom stereocenters. The van der Waals surface area contributed by atoms with Gasteiger partial charge in [0.1, 0.15) is 5.75 Å². The maximum absolute atomic E-state index is 9.19. The van der Waals surface area contributed by atoms with E-state index in [1.165, 1.54) is 16.7 Å². The first-order chi connectivity index (χ1) is 21.3. The smallest absolute Gasteiger partial charge is 0.261 e. The summed E-state index contributed by atoms with van der Waals surface area (Å²) in [6, 6.07) is 32.3. The molecule has 0 atom stereocenters. The van der Waals surface area contributed by atoms with Gasteiger partial charge < -0.3 is 9.64 Å². The minimum Gasteiger partial charge on any atom is -0.497 e. The van der Waals surface area contributed by atoms with E-state index in [2.05, 4.69) is 105 Å². The van der Waals surface area contributed by atoms with E-state index >= 15 is 0 Å². The molecular weight excluding hydrogens is 617 g/mol. The molecule has 1 saturated heterocycles. The fourth-order valence-corrected chi connectivity index (χ4v) is 5.21. The summed E-state index contributed by atoms with van der Waals surface area (Å²) in [6.45, 7) is 4.88. The van der Waals surface area contributed by atoms with E-state index in [9.17, 15) is 16.8 Å². The number of methoxy groups -OCH3 is 1. The second-order valence-corrected chi connectivity index (χ2v) is 13.4. The molecule has 1 aliphatic heterocycles. The zero-order valence-electron chi connectivity index (χ0n) is 25.6. The summed E-state index contributed by atoms with van der Waals surface area (Å²) in [5.74, 6) is 1.70. The average Bonchev–Trinajstić information content (AvgIpc) is 3.02. The van der Waals surface area contributed by atoms with Crippen molar-refractivity contribution in [2.45, 2.75) is 11.8 Å². The van der Waals surface area contributed by atoms with Gasteiger partial charge in [0.05, 0.1) is 19.6 Å². The third-order valence-corrected chi connectivity index (χ3v) is 7.13. The molecule has 1 aliphatic rings. The predicted octanol–water partition coefficient (Wildman–Crippen LogP) is 4.04. The molecule has 0 spiro atoms. The molecule has 0 radical (unpaired) electrons. The van der Waals surface area contributed by atoms with Crippen LogP contribution in [0.2, 0.25) is 0 Å². The summed E-state index contributed by atoms with van der Waals surface area (Å²) in [5, 5.41) is 0. The lowest BCUT2D eigenvalue weighted by atomic mass is 9.67. The van der Waals surface area contributed by atoms with Crippen molar-refractivity contribution < 1.29 is 30.7 Å². The zero-order chi connectivity index (χ0) is 32.9. The van der Waals surface area contributed by atoms with Crippen LogP contribution in [0.25, 0.3) is 0 Å². The van der Waals surface area contributed by atoms with E-state index < -0.39 is 20.2 Å². The van der Waals surface area contributed by atoms with Crippen LogP contribution in [0.3, 0.4) is 0 Å². The van der Waals surface area contributed by atoms with Gasteiger partial charge in [-0.3, -0.25) is 14.0 Å². The SMILES string of the molecule is COc1ccc(C(CCN2CCN(c3ncccn3)CC2)(c2ccccc2)c2ccccc2)cc1.CS(=O)(=O)O.CS(=O)(=O)O. The molecular formula is C32H40N4O7S2. The molecule has 2 N–H and O–H groups in total. The number of aromatic nitrogens is 2. The van der Waals surface area contributed by atoms with Gasteiger partial charge in [-0.1, -0.05) is 72.8 Å². The summed E-state index contributed by atoms with van der Waals surface area (Å²) in [6.07, 6.45) is 6.05. The molecule has 0 bridgehead atoms. The van der Waals surface area contributed by atoms with Crippen molar-refractivity contribution in [2.24, 2.45) is 0 Å². The van der Waals surface area contributed by atoms with E-state index in [1.807, 2.05) is 18.5 Å². The lowest BCUT2D eigenvalue weighted by Crippen LogP contribution is -2.48. The van der Waals surface area contributed by atoms with Crippen LogP contribution in [0.4, 0.5) is 5.95 Å². The van der Waals surface area contributed by atoms with Crippen molar-refractivity contribution >= 4 is 26.2 Å². The maximum atomic E-state index is 9.19. The molecule has 242 valence electrons. The van der Waals surface area contributed by atoms with E-state index in [4.69, 9.17) is 13.8 Å². The summed E-state index contributed by atoms with van der Waals surface area (Å²) in [7, 11) is -5.61. The van der Waals surface area contributed by atoms with Crippen molar-refractivity contribution in [2.75, 3.05) is 57.2 Å². The summed E-state index contributed by atoms with van der Waals surface area (Å²) < 4.78 is 57.2. The van der Waals surface area contributed by atoms with Crippen LogP contribution in [0.1, 0.15) is 23.1 Å². The Kier molecular flexibility index (Phi) is 13.0. The molecule has 0 aliphatic carbocycles. The maximum Gasteiger partial charge on any atom is 0.261 e. The number of ether oxygens (including phenoxy) is 1. The Morgan fingerprint density at radius 1 is 0.689 bits per heavy atom. The molecule has 11 nitrogen and oxygen atoms in total. The summed E-state index contributed by atoms with van der Waals surface area (Å²) in [4.78, 5) is 13.7. The van der Waals surface area contributed by atoms with Crippen LogP contribution in [0.15, 0.2) is 103 Å². The Hall–Kier alpha value is -3.88. The second-order valence-electron chi connectivity index (χ2n) is 10.5. The van der Waals surface area contributed by atoms with Crippen molar-refractivity contribution in [3.8, 4) is 5.75 Å². The highest BCUT2D eigenvalue weighted by Crippen LogP contribution is 2.43. The van der Waals surface area contributed by atoms with E-state index in [0.29, 0.717) is 12.5 Å². The lowest BCUT2D eigenvalue weighted by molar-refractivity contribution is 0.241. The number of hydrogen-bond acceptors (Lipinski definition) is 9. The molecule has 1 fully saturated rings. The van der Waals surface area contributed by atoms with Crippen LogP contribution in [-0.4, -0.2) is 93.2 Å². The summed E-state index contributed by atoms with van der Waals surface area (Å²) >= 11 is 0. The van der Waals surface area contributed by atoms with Crippen molar-refractivity contribution in [1.82, 2.24) is 14.9 Å². The van der Waals surface area contributed by atoms with Gasteiger partial charge >= 0.3 is 0 Å². The van der Waals surface area contributed by atoms with E-state index in [0.717, 1.165) is 50.8 Å². The second kappa shape index (κ2) is 16.4. The number of anilines is 1. The van der Waals surface area contributed by atoms with Gasteiger partial charge in [-0.05, 0) is 47.9 Å². The standard InChI is InChI=1S/C30H32N4O.2CH4O3S/c1-35-28-15-13-27(14-16-28)30(25-9-4-2-5-10-25,26-11-6-3-7-12-26)17-20-33-21-23-34(24-22-33)29-31-18-8-19-32-29;2*1-5(2,3)4/h2-16,18-19H,17,20-24H2,1H3;2*1H3,(H,2,3,4). The molecule has 13 heteroatoms. The highest BCUT2D eigenvalue weighted by Gasteiger charge is 2.36. The number of nitrogens with zero attached hydrogens (tertiary/aromatic N) is 4. The van der Waals surface area contributed by atoms with Crippen LogP contribution in [0.5, 0.6) is 5.75 Å². The molecule has 2 heterocycles. The number of benzene rings is 3. The van der Waals surface area contributed by atoms with Crippen LogP contribution in [0, 0.1) is 0 Å². The van der Waals surface area contributed by atoms with Gasteiger partial charge in [0.15, 0.2) is 0 Å². The topological polar surface area (TPSA) is 150 Å². The van der Waals surface area contributed by atoms with Crippen LogP contribution < -0.4 is 9.64 Å². The van der Waals surface area contributed by atoms with Crippen molar-refractivity contribution in [1.29, 1.82) is 0 Å². The number of hydrogen-bond donors (Lipinski definition) is 2. The van der Waals surface area contributed by atoms with Gasteiger partial charge in [0, 0.05) is 44.0 Å². The Morgan fingerprint density at radius 2 is 1.11 bits per heavy atom. The Bertz CT molecular complexity index is 1570. The highest BCUT2D eigenvalue weighted by molar-refractivity contribution is 7.85. The molecule has 1 aromatic heterocycles. The summed E-state index contributed by atoms with van der Waals surface area (Å²) in [5.41, 5.74) is 3.65. The average molecular weight is 657 g/mol. The fraction of sp³-hybridized carbons (Fsp3) is 0.312. The fourth-order valence-electron chi connectivity index (χ4n) is 5.21. The Balaban J connectivity index is 0.000000482. The molecule has 3 aromatic carbocycles. The van der Waals surface area contributed by atoms with Gasteiger partial charge in [0.2, 0.25) is 5.95 Å². The Labute approximate surface area is 266 Å². The molecule has 0 saturated carbocycles. The van der Waals surface area contributed by atoms with E-state index in [1.54, 1.807) is 7.11 Å². The first-order valence-corrected chi connectivity index (χ1v) is 17.8. The molecule has 5 rings (SSSR count). The molecule has 45 heavy (non-hydrogen) atoms. The Morgan fingerprint density at radius 3 is 1.53 bits per heavy atom. The number of piperazine rings is 1. The van der Waals surface area contributed by atoms with Gasteiger partial charge in [-0.2, -0.15) is 16.8 Å². The third-order valence-electron chi connectivity index (χ3n) is 7.13. The number of rotatable bonds is 8. The van der Waals surface area contributed by atoms with Gasteiger partial charge in [0.25, 0.3) is 20.2 Å². The minimum absolute atomic E-state index is 0.255. The molecule has 4 aromatic rings. The first kappa shape index (κ1) is 35.6. The normalized spacial score (nSPS) is 13.9. The highest BCUT2D eigenvalue weighted by atomic mass is 32.2. The quantitative estimate of drug-likeness (QED) is 0.209. The van der Waals surface area contributed by atoms with Gasteiger partial charge in [-0.15, -0.1) is 0 Å². The van der Waals surface area contributed by atoms with Crippen LogP contribution >= 0.6 is 0 Å². The lowest BCUT2D eigenvalue weighted by Gasteiger charge is -2.40. The predicted molar refractivity (Wildman–Crippen MR) is 176 cm³/mol. The zero-order valence-corrected chi connectivity index (χ0v) is 27.2. The van der Waals surface area contributed by atoms with Crippen molar-refractivity contribution in [3.05, 3.63) is 120 Å². The third kappa shape index (κ3) is 11.9. The largest absolute Gasteiger partial charge is 0.497 e. The van der Waals surface area contributed by atoms with Gasteiger partial charge in [-0.25, -0.2) is 9.97 Å². The van der Waals surface area contributed by atoms with Crippen molar-refractivity contribution in [3.63, 3.8) is 0 Å². The van der Waals surface area contributed by atoms with E-state index in [-0.39, 0.29) is 5.41 Å². The van der Waals surface area contributed by atoms with Crippen LogP contribution in [-0.2, 0) is 25.7 Å². The molecule has 0 amide bonds.